The van der Waals surface area contributed by atoms with Gasteiger partial charge in [0.25, 0.3) is 0 Å². The van der Waals surface area contributed by atoms with Crippen LogP contribution in [-0.2, 0) is 14.3 Å². The van der Waals surface area contributed by atoms with E-state index in [9.17, 15) is 4.79 Å². The molecule has 1 unspecified atom stereocenters. The van der Waals surface area contributed by atoms with Crippen LogP contribution in [0, 0.1) is 0 Å². The molecule has 0 aromatic heterocycles. The third-order valence-corrected chi connectivity index (χ3v) is 5.03. The van der Waals surface area contributed by atoms with E-state index in [0.29, 0.717) is 11.4 Å². The molecular formula is C18H17ClO2S. The Balaban J connectivity index is 2.58. The molecule has 1 atom stereocenters. The van der Waals surface area contributed by atoms with Crippen LogP contribution in [0.25, 0.3) is 0 Å². The molecule has 0 aliphatic carbocycles. The molecule has 0 bridgehead atoms. The Labute approximate surface area is 140 Å². The summed E-state index contributed by atoms with van der Waals surface area (Å²) in [4.78, 5) is 13.6. The summed E-state index contributed by atoms with van der Waals surface area (Å²) >= 11 is 7.79. The van der Waals surface area contributed by atoms with Crippen molar-refractivity contribution in [2.45, 2.75) is 16.1 Å². The molecule has 2 nitrogen and oxygen atoms in total. The molecule has 22 heavy (non-hydrogen) atoms. The summed E-state index contributed by atoms with van der Waals surface area (Å²) < 4.78 is 4.14. The third-order valence-electron chi connectivity index (χ3n) is 3.29. The van der Waals surface area contributed by atoms with Gasteiger partial charge in [-0.1, -0.05) is 54.1 Å². The van der Waals surface area contributed by atoms with E-state index >= 15 is 0 Å². The predicted octanol–water partition coefficient (Wildman–Crippen LogP) is 5.08. The summed E-state index contributed by atoms with van der Waals surface area (Å²) in [5, 5.41) is 0.540. The minimum atomic E-state index is -0.948. The zero-order valence-corrected chi connectivity index (χ0v) is 13.9. The zero-order chi connectivity index (χ0) is 16.0. The Morgan fingerprint density at radius 2 is 1.86 bits per heavy atom. The van der Waals surface area contributed by atoms with Gasteiger partial charge < -0.3 is 4.74 Å². The second-order valence-corrected chi connectivity index (χ2v) is 6.49. The standard InChI is InChI=1S/C18H17ClO2S/c1-3-13-18(17(20)21-2,15-11-7-8-12-16(15)19)22-14-9-5-4-6-10-14/h3-12H,1,13H2,2H3. The number of thioether (sulfide) groups is 1. The largest absolute Gasteiger partial charge is 0.468 e. The van der Waals surface area contributed by atoms with Gasteiger partial charge in [-0.15, -0.1) is 18.3 Å². The topological polar surface area (TPSA) is 26.3 Å². The molecule has 0 amide bonds. The third kappa shape index (κ3) is 3.37. The molecule has 2 rings (SSSR count). The van der Waals surface area contributed by atoms with Crippen LogP contribution in [0.4, 0.5) is 0 Å². The van der Waals surface area contributed by atoms with Gasteiger partial charge in [0.2, 0.25) is 0 Å². The number of carbonyl (C=O) groups excluding carboxylic acids is 1. The summed E-state index contributed by atoms with van der Waals surface area (Å²) in [5.74, 6) is -0.339. The molecule has 0 fully saturated rings. The maximum Gasteiger partial charge on any atom is 0.327 e. The quantitative estimate of drug-likeness (QED) is 0.419. The van der Waals surface area contributed by atoms with E-state index in [4.69, 9.17) is 16.3 Å². The normalized spacial score (nSPS) is 13.2. The first-order chi connectivity index (χ1) is 10.6. The maximum atomic E-state index is 12.6. The molecule has 0 radical (unpaired) electrons. The second kappa shape index (κ2) is 7.52. The highest BCUT2D eigenvalue weighted by Crippen LogP contribution is 2.47. The van der Waals surface area contributed by atoms with Gasteiger partial charge in [-0.25, -0.2) is 0 Å². The minimum absolute atomic E-state index is 0.339. The van der Waals surface area contributed by atoms with Crippen LogP contribution in [0.5, 0.6) is 0 Å². The second-order valence-electron chi connectivity index (χ2n) is 4.71. The average Bonchev–Trinajstić information content (AvgIpc) is 2.55. The Morgan fingerprint density at radius 3 is 2.45 bits per heavy atom. The number of methoxy groups -OCH3 is 1. The van der Waals surface area contributed by atoms with Gasteiger partial charge in [-0.2, -0.15) is 0 Å². The lowest BCUT2D eigenvalue weighted by Crippen LogP contribution is -2.33. The molecule has 4 heteroatoms. The highest BCUT2D eigenvalue weighted by Gasteiger charge is 2.43. The predicted molar refractivity (Wildman–Crippen MR) is 92.3 cm³/mol. The lowest BCUT2D eigenvalue weighted by Gasteiger charge is -2.30. The number of carbonyl (C=O) groups is 1. The van der Waals surface area contributed by atoms with Crippen molar-refractivity contribution in [3.8, 4) is 0 Å². The molecule has 2 aromatic carbocycles. The number of allylic oxidation sites excluding steroid dienone is 1. The fourth-order valence-corrected chi connectivity index (χ4v) is 3.99. The molecule has 114 valence electrons. The van der Waals surface area contributed by atoms with Crippen LogP contribution in [0.2, 0.25) is 5.02 Å². The number of ether oxygens (including phenoxy) is 1. The highest BCUT2D eigenvalue weighted by molar-refractivity contribution is 8.01. The molecule has 0 saturated carbocycles. The van der Waals surface area contributed by atoms with Crippen LogP contribution >= 0.6 is 23.4 Å². The number of rotatable bonds is 6. The maximum absolute atomic E-state index is 12.6. The smallest absolute Gasteiger partial charge is 0.327 e. The van der Waals surface area contributed by atoms with E-state index in [1.54, 1.807) is 12.1 Å². The van der Waals surface area contributed by atoms with Crippen molar-refractivity contribution in [2.75, 3.05) is 7.11 Å². The van der Waals surface area contributed by atoms with Crippen LogP contribution in [0.1, 0.15) is 12.0 Å². The lowest BCUT2D eigenvalue weighted by atomic mass is 9.94. The summed E-state index contributed by atoms with van der Waals surface area (Å²) in [6.45, 7) is 3.79. The van der Waals surface area contributed by atoms with Gasteiger partial charge in [0.05, 0.1) is 7.11 Å². The zero-order valence-electron chi connectivity index (χ0n) is 12.3. The van der Waals surface area contributed by atoms with Crippen molar-refractivity contribution < 1.29 is 9.53 Å². The van der Waals surface area contributed by atoms with Gasteiger partial charge in [-0.05, 0) is 30.2 Å². The number of halogens is 1. The molecule has 0 N–H and O–H groups in total. The van der Waals surface area contributed by atoms with Gasteiger partial charge in [0.15, 0.2) is 0 Å². The number of hydrogen-bond donors (Lipinski definition) is 0. The Morgan fingerprint density at radius 1 is 1.23 bits per heavy atom. The molecule has 0 aliphatic rings. The molecule has 0 aliphatic heterocycles. The van der Waals surface area contributed by atoms with Crippen molar-refractivity contribution in [2.24, 2.45) is 0 Å². The van der Waals surface area contributed by atoms with Crippen molar-refractivity contribution in [1.29, 1.82) is 0 Å². The summed E-state index contributed by atoms with van der Waals surface area (Å²) in [6.07, 6.45) is 2.14. The first kappa shape index (κ1) is 16.7. The minimum Gasteiger partial charge on any atom is -0.468 e. The van der Waals surface area contributed by atoms with Crippen LogP contribution in [0.3, 0.4) is 0 Å². The molecule has 2 aromatic rings. The van der Waals surface area contributed by atoms with Gasteiger partial charge in [0.1, 0.15) is 4.75 Å². The summed E-state index contributed by atoms with van der Waals surface area (Å²) in [7, 11) is 1.39. The fraction of sp³-hybridized carbons (Fsp3) is 0.167. The van der Waals surface area contributed by atoms with Crippen molar-refractivity contribution in [1.82, 2.24) is 0 Å². The number of benzene rings is 2. The average molecular weight is 333 g/mol. The van der Waals surface area contributed by atoms with Gasteiger partial charge in [-0.3, -0.25) is 4.79 Å². The number of esters is 1. The van der Waals surface area contributed by atoms with Crippen molar-refractivity contribution >= 4 is 29.3 Å². The fourth-order valence-electron chi connectivity index (χ4n) is 2.29. The van der Waals surface area contributed by atoms with E-state index in [2.05, 4.69) is 6.58 Å². The first-order valence-electron chi connectivity index (χ1n) is 6.82. The molecule has 0 heterocycles. The van der Waals surface area contributed by atoms with Crippen LogP contribution < -0.4 is 0 Å². The Kier molecular flexibility index (Phi) is 5.69. The lowest BCUT2D eigenvalue weighted by molar-refractivity contribution is -0.143. The van der Waals surface area contributed by atoms with E-state index in [0.717, 1.165) is 10.5 Å². The van der Waals surface area contributed by atoms with Gasteiger partial charge in [0, 0.05) is 9.92 Å². The Bertz CT molecular complexity index is 657. The van der Waals surface area contributed by atoms with E-state index < -0.39 is 4.75 Å². The van der Waals surface area contributed by atoms with Crippen molar-refractivity contribution in [3.05, 3.63) is 77.8 Å². The molecular weight excluding hydrogens is 316 g/mol. The SMILES string of the molecule is C=CCC(Sc1ccccc1)(C(=O)OC)c1ccccc1Cl. The van der Waals surface area contributed by atoms with E-state index in [-0.39, 0.29) is 5.97 Å². The van der Waals surface area contributed by atoms with E-state index in [1.165, 1.54) is 18.9 Å². The Hall–Kier alpha value is -1.71. The highest BCUT2D eigenvalue weighted by atomic mass is 35.5. The summed E-state index contributed by atoms with van der Waals surface area (Å²) in [5.41, 5.74) is 0.734. The molecule has 0 spiro atoms. The van der Waals surface area contributed by atoms with E-state index in [1.807, 2.05) is 48.5 Å². The number of hydrogen-bond acceptors (Lipinski definition) is 3. The first-order valence-corrected chi connectivity index (χ1v) is 8.02. The summed E-state index contributed by atoms with van der Waals surface area (Å²) in [6, 6.07) is 17.1. The van der Waals surface area contributed by atoms with Crippen LogP contribution in [-0.4, -0.2) is 13.1 Å². The van der Waals surface area contributed by atoms with Gasteiger partial charge >= 0.3 is 5.97 Å². The van der Waals surface area contributed by atoms with Crippen LogP contribution in [0.15, 0.2) is 72.1 Å². The van der Waals surface area contributed by atoms with Crippen molar-refractivity contribution in [3.63, 3.8) is 0 Å². The molecule has 0 saturated heterocycles. The monoisotopic (exact) mass is 332 g/mol.